The van der Waals surface area contributed by atoms with Crippen LogP contribution < -0.4 is 0 Å². The molecule has 4 aliphatic rings. The van der Waals surface area contributed by atoms with Gasteiger partial charge in [-0.2, -0.15) is 0 Å². The lowest BCUT2D eigenvalue weighted by atomic mass is 9.45. The summed E-state index contributed by atoms with van der Waals surface area (Å²) < 4.78 is 0. The molecule has 0 heterocycles. The minimum atomic E-state index is -1.64. The largest absolute Gasteiger partial charge is 0.391 e. The molecule has 0 aromatic carbocycles. The van der Waals surface area contributed by atoms with Crippen LogP contribution in [0.2, 0.25) is 0 Å². The Balaban J connectivity index is 1.81. The van der Waals surface area contributed by atoms with Crippen molar-refractivity contribution in [3.63, 3.8) is 0 Å². The topological polar surface area (TPSA) is 94.8 Å². The van der Waals surface area contributed by atoms with Gasteiger partial charge in [-0.1, -0.05) is 25.5 Å². The van der Waals surface area contributed by atoms with Crippen molar-refractivity contribution in [2.24, 2.45) is 22.7 Å². The Bertz CT molecular complexity index is 775. The zero-order valence-corrected chi connectivity index (χ0v) is 16.5. The van der Waals surface area contributed by atoms with E-state index in [4.69, 9.17) is 11.6 Å². The van der Waals surface area contributed by atoms with Crippen LogP contribution in [0.25, 0.3) is 0 Å². The predicted octanol–water partition coefficient (Wildman–Crippen LogP) is 1.92. The van der Waals surface area contributed by atoms with Crippen molar-refractivity contribution >= 4 is 23.2 Å². The van der Waals surface area contributed by atoms with Crippen molar-refractivity contribution in [1.29, 1.82) is 0 Å². The molecule has 4 aliphatic carbocycles. The van der Waals surface area contributed by atoms with Crippen LogP contribution in [0.1, 0.15) is 46.0 Å². The van der Waals surface area contributed by atoms with Crippen molar-refractivity contribution in [2.45, 2.75) is 62.5 Å². The van der Waals surface area contributed by atoms with E-state index in [-0.39, 0.29) is 30.5 Å². The van der Waals surface area contributed by atoms with E-state index in [0.717, 1.165) is 5.57 Å². The minimum absolute atomic E-state index is 0.0386. The first-order valence-corrected chi connectivity index (χ1v) is 10.1. The molecule has 6 heteroatoms. The van der Waals surface area contributed by atoms with E-state index < -0.39 is 39.8 Å². The van der Waals surface area contributed by atoms with Gasteiger partial charge in [-0.15, -0.1) is 11.6 Å². The molecular formula is C21H27ClO5. The molecule has 0 saturated heterocycles. The molecule has 0 bridgehead atoms. The highest BCUT2D eigenvalue weighted by Gasteiger charge is 2.72. The maximum Gasteiger partial charge on any atom is 0.190 e. The number of ketones is 2. The zero-order chi connectivity index (χ0) is 19.8. The van der Waals surface area contributed by atoms with Gasteiger partial charge in [0.05, 0.1) is 11.0 Å². The van der Waals surface area contributed by atoms with Gasteiger partial charge < -0.3 is 15.3 Å². The van der Waals surface area contributed by atoms with Crippen LogP contribution in [-0.4, -0.2) is 50.1 Å². The summed E-state index contributed by atoms with van der Waals surface area (Å²) in [6, 6.07) is 0. The van der Waals surface area contributed by atoms with Crippen LogP contribution >= 0.6 is 11.6 Å². The standard InChI is InChI=1S/C21H27ClO5/c1-18-7-5-13(24)9-12(18)3-4-15-14-6-8-20(27,17(26)11-23)19(14,2)10-16(25)21(15,18)22/h5,7,9,14-16,23,25,27H,3-4,6,8,10-11H2,1-2H3/t14-,15-,16-,18-,19-,20-,21-/m0/s1. The normalized spacial score (nSPS) is 51.3. The molecule has 27 heavy (non-hydrogen) atoms. The lowest BCUT2D eigenvalue weighted by molar-refractivity contribution is -0.174. The number of alkyl halides is 1. The highest BCUT2D eigenvalue weighted by Crippen LogP contribution is 2.70. The van der Waals surface area contributed by atoms with Gasteiger partial charge in [-0.25, -0.2) is 0 Å². The number of halogens is 1. The first-order valence-electron chi connectivity index (χ1n) is 9.72. The number of aliphatic hydroxyl groups excluding tert-OH is 2. The van der Waals surface area contributed by atoms with Crippen molar-refractivity contribution in [3.05, 3.63) is 23.8 Å². The highest BCUT2D eigenvalue weighted by atomic mass is 35.5. The summed E-state index contributed by atoms with van der Waals surface area (Å²) in [4.78, 5) is 23.3. The molecular weight excluding hydrogens is 368 g/mol. The molecule has 0 aliphatic heterocycles. The van der Waals surface area contributed by atoms with Crippen LogP contribution in [0, 0.1) is 22.7 Å². The molecule has 0 aromatic heterocycles. The van der Waals surface area contributed by atoms with E-state index in [0.29, 0.717) is 19.3 Å². The first-order chi connectivity index (χ1) is 12.5. The molecule has 0 aromatic rings. The Hall–Kier alpha value is -1.01. The Kier molecular flexibility index (Phi) is 4.12. The molecule has 7 atom stereocenters. The van der Waals surface area contributed by atoms with Gasteiger partial charge in [0, 0.05) is 10.8 Å². The second kappa shape index (κ2) is 5.76. The summed E-state index contributed by atoms with van der Waals surface area (Å²) in [5.41, 5.74) is -2.17. The second-order valence-electron chi connectivity index (χ2n) is 9.24. The Morgan fingerprint density at radius 1 is 1.30 bits per heavy atom. The first kappa shape index (κ1) is 19.3. The van der Waals surface area contributed by atoms with Gasteiger partial charge in [-0.3, -0.25) is 9.59 Å². The number of carbonyl (C=O) groups is 2. The number of carbonyl (C=O) groups excluding carboxylic acids is 2. The van der Waals surface area contributed by atoms with Gasteiger partial charge in [0.25, 0.3) is 0 Å². The molecule has 3 fully saturated rings. The Morgan fingerprint density at radius 3 is 2.67 bits per heavy atom. The van der Waals surface area contributed by atoms with Crippen LogP contribution in [0.15, 0.2) is 23.8 Å². The summed E-state index contributed by atoms with van der Waals surface area (Å²) >= 11 is 7.26. The molecule has 0 radical (unpaired) electrons. The lowest BCUT2D eigenvalue weighted by Gasteiger charge is -2.63. The van der Waals surface area contributed by atoms with Gasteiger partial charge >= 0.3 is 0 Å². The van der Waals surface area contributed by atoms with E-state index in [1.807, 2.05) is 19.9 Å². The monoisotopic (exact) mass is 394 g/mol. The fourth-order valence-corrected chi connectivity index (χ4v) is 7.33. The van der Waals surface area contributed by atoms with E-state index in [9.17, 15) is 24.9 Å². The summed E-state index contributed by atoms with van der Waals surface area (Å²) in [5.74, 6) is -0.774. The molecule has 0 unspecified atom stereocenters. The quantitative estimate of drug-likeness (QED) is 0.622. The molecule has 148 valence electrons. The summed E-state index contributed by atoms with van der Waals surface area (Å²) in [6.45, 7) is 3.12. The summed E-state index contributed by atoms with van der Waals surface area (Å²) in [6.07, 6.45) is 6.54. The number of Topliss-reactive ketones (excluding diaryl/α,β-unsaturated/α-hetero) is 1. The predicted molar refractivity (Wildman–Crippen MR) is 100 cm³/mol. The third-order valence-electron chi connectivity index (χ3n) is 8.40. The van der Waals surface area contributed by atoms with Crippen molar-refractivity contribution in [1.82, 2.24) is 0 Å². The Morgan fingerprint density at radius 2 is 2.00 bits per heavy atom. The van der Waals surface area contributed by atoms with Gasteiger partial charge in [-0.05, 0) is 56.1 Å². The molecule has 0 amide bonds. The molecule has 5 nitrogen and oxygen atoms in total. The minimum Gasteiger partial charge on any atom is -0.391 e. The second-order valence-corrected chi connectivity index (χ2v) is 9.87. The van der Waals surface area contributed by atoms with Gasteiger partial charge in [0.2, 0.25) is 0 Å². The van der Waals surface area contributed by atoms with Crippen molar-refractivity contribution < 1.29 is 24.9 Å². The van der Waals surface area contributed by atoms with Crippen molar-refractivity contribution in [3.8, 4) is 0 Å². The van der Waals surface area contributed by atoms with Crippen LogP contribution in [0.5, 0.6) is 0 Å². The van der Waals surface area contributed by atoms with Crippen LogP contribution in [0.3, 0.4) is 0 Å². The number of hydrogen-bond acceptors (Lipinski definition) is 5. The fraction of sp³-hybridized carbons (Fsp3) is 0.714. The van der Waals surface area contributed by atoms with E-state index in [2.05, 4.69) is 0 Å². The molecule has 3 saturated carbocycles. The van der Waals surface area contributed by atoms with E-state index in [1.54, 1.807) is 6.08 Å². The van der Waals surface area contributed by atoms with Crippen molar-refractivity contribution in [2.75, 3.05) is 6.61 Å². The van der Waals surface area contributed by atoms with E-state index in [1.165, 1.54) is 6.08 Å². The van der Waals surface area contributed by atoms with Gasteiger partial charge in [0.1, 0.15) is 12.2 Å². The number of allylic oxidation sites excluding steroid dienone is 4. The lowest BCUT2D eigenvalue weighted by Crippen LogP contribution is -2.68. The third-order valence-corrected chi connectivity index (χ3v) is 9.32. The van der Waals surface area contributed by atoms with Crippen LogP contribution in [0.4, 0.5) is 0 Å². The summed E-state index contributed by atoms with van der Waals surface area (Å²) in [7, 11) is 0. The number of rotatable bonds is 2. The molecule has 3 N–H and O–H groups in total. The zero-order valence-electron chi connectivity index (χ0n) is 15.7. The van der Waals surface area contributed by atoms with E-state index >= 15 is 0 Å². The number of fused-ring (bicyclic) bond motifs is 5. The smallest absolute Gasteiger partial charge is 0.190 e. The van der Waals surface area contributed by atoms with Gasteiger partial charge in [0.15, 0.2) is 11.6 Å². The number of aliphatic hydroxyl groups is 3. The maximum absolute atomic E-state index is 12.4. The average Bonchev–Trinajstić information content (AvgIpc) is 2.88. The molecule has 0 spiro atoms. The highest BCUT2D eigenvalue weighted by molar-refractivity contribution is 6.26. The fourth-order valence-electron chi connectivity index (χ4n) is 6.80. The average molecular weight is 395 g/mol. The molecule has 4 rings (SSSR count). The van der Waals surface area contributed by atoms with Crippen LogP contribution in [-0.2, 0) is 9.59 Å². The Labute approximate surface area is 164 Å². The SMILES string of the molecule is C[C@]12C=CC(=O)C=C1CC[C@H]1[C@@H]3CC[C@](O)(C(=O)CO)[C@@]3(C)C[C@H](O)[C@@]12Cl. The third kappa shape index (κ3) is 2.12. The number of hydrogen-bond donors (Lipinski definition) is 3. The maximum atomic E-state index is 12.4. The summed E-state index contributed by atoms with van der Waals surface area (Å²) in [5, 5.41) is 31.9.